The molecule has 0 aliphatic carbocycles. The number of rotatable bonds is 2. The second kappa shape index (κ2) is 8.75. The molecule has 0 bridgehead atoms. The van der Waals surface area contributed by atoms with Gasteiger partial charge in [-0.3, -0.25) is 21.0 Å². The van der Waals surface area contributed by atoms with E-state index in [1.165, 1.54) is 0 Å². The minimum Gasteiger partial charge on any atom is -0.331 e. The zero-order chi connectivity index (χ0) is 16.7. The Morgan fingerprint density at radius 3 is 2.17 bits per heavy atom. The van der Waals surface area contributed by atoms with Crippen molar-refractivity contribution in [1.29, 1.82) is 0 Å². The quantitative estimate of drug-likeness (QED) is 0.317. The highest BCUT2D eigenvalue weighted by atomic mass is 127. The summed E-state index contributed by atoms with van der Waals surface area (Å²) in [7, 11) is 0. The van der Waals surface area contributed by atoms with Crippen molar-refractivity contribution in [3.8, 4) is 0 Å². The minimum atomic E-state index is -0.281. The normalized spacial score (nSPS) is 9.61. The maximum atomic E-state index is 12.1. The summed E-state index contributed by atoms with van der Waals surface area (Å²) < 4.78 is 0.847. The van der Waals surface area contributed by atoms with Crippen molar-refractivity contribution in [3.63, 3.8) is 0 Å². The molecule has 0 radical (unpaired) electrons. The van der Waals surface area contributed by atoms with Gasteiger partial charge in [0.2, 0.25) is 0 Å². The third-order valence-electron chi connectivity index (χ3n) is 2.67. The Morgan fingerprint density at radius 1 is 0.870 bits per heavy atom. The first-order chi connectivity index (χ1) is 11.1. The molecule has 0 atom stereocenters. The van der Waals surface area contributed by atoms with Crippen LogP contribution in [0.4, 0.5) is 5.69 Å². The largest absolute Gasteiger partial charge is 0.331 e. The molecule has 2 rings (SSSR count). The average molecular weight is 456 g/mol. The molecular formula is C15H13IN4OS2. The maximum Gasteiger partial charge on any atom is 0.258 e. The van der Waals surface area contributed by atoms with E-state index in [-0.39, 0.29) is 11.0 Å². The summed E-state index contributed by atoms with van der Waals surface area (Å²) in [5, 5.41) is 6.03. The monoisotopic (exact) mass is 456 g/mol. The first-order valence-corrected chi connectivity index (χ1v) is 8.43. The van der Waals surface area contributed by atoms with Gasteiger partial charge in [0.1, 0.15) is 0 Å². The Bertz CT molecular complexity index is 724. The predicted molar refractivity (Wildman–Crippen MR) is 108 cm³/mol. The van der Waals surface area contributed by atoms with Gasteiger partial charge in [-0.1, -0.05) is 30.3 Å². The highest BCUT2D eigenvalue weighted by Gasteiger charge is 2.10. The van der Waals surface area contributed by atoms with Gasteiger partial charge >= 0.3 is 0 Å². The van der Waals surface area contributed by atoms with E-state index in [9.17, 15) is 4.79 Å². The Hall–Kier alpha value is -1.78. The molecule has 23 heavy (non-hydrogen) atoms. The molecule has 8 heteroatoms. The molecule has 5 nitrogen and oxygen atoms in total. The third kappa shape index (κ3) is 5.73. The number of carbonyl (C=O) groups is 1. The maximum absolute atomic E-state index is 12.1. The fraction of sp³-hybridized carbons (Fsp3) is 0. The van der Waals surface area contributed by atoms with Crippen LogP contribution in [0, 0.1) is 3.57 Å². The Kier molecular flexibility index (Phi) is 6.68. The SMILES string of the molecule is O=C(NC(=S)NNC(=S)Nc1ccccc1)c1ccccc1I. The van der Waals surface area contributed by atoms with Crippen LogP contribution in [0.1, 0.15) is 10.4 Å². The summed E-state index contributed by atoms with van der Waals surface area (Å²) in [6.07, 6.45) is 0. The topological polar surface area (TPSA) is 65.2 Å². The lowest BCUT2D eigenvalue weighted by Crippen LogP contribution is -2.49. The molecule has 0 aliphatic heterocycles. The number of nitrogens with one attached hydrogen (secondary N) is 4. The van der Waals surface area contributed by atoms with Gasteiger partial charge in [-0.15, -0.1) is 0 Å². The summed E-state index contributed by atoms with van der Waals surface area (Å²) in [4.78, 5) is 12.1. The van der Waals surface area contributed by atoms with E-state index in [1.807, 2.05) is 42.5 Å². The van der Waals surface area contributed by atoms with Gasteiger partial charge in [-0.25, -0.2) is 0 Å². The number of hydrogen-bond acceptors (Lipinski definition) is 3. The molecule has 0 saturated heterocycles. The zero-order valence-corrected chi connectivity index (χ0v) is 15.6. The number of carbonyl (C=O) groups excluding carboxylic acids is 1. The van der Waals surface area contributed by atoms with Crippen molar-refractivity contribution in [1.82, 2.24) is 16.2 Å². The lowest BCUT2D eigenvalue weighted by molar-refractivity contribution is 0.0975. The van der Waals surface area contributed by atoms with Gasteiger partial charge in [0.05, 0.1) is 5.56 Å². The van der Waals surface area contributed by atoms with Gasteiger partial charge in [-0.2, -0.15) is 0 Å². The van der Waals surface area contributed by atoms with Crippen LogP contribution >= 0.6 is 47.0 Å². The molecule has 0 fully saturated rings. The van der Waals surface area contributed by atoms with Crippen molar-refractivity contribution in [2.75, 3.05) is 5.32 Å². The van der Waals surface area contributed by atoms with Crippen molar-refractivity contribution < 1.29 is 4.79 Å². The number of benzene rings is 2. The lowest BCUT2D eigenvalue weighted by atomic mass is 10.2. The van der Waals surface area contributed by atoms with E-state index >= 15 is 0 Å². The summed E-state index contributed by atoms with van der Waals surface area (Å²) >= 11 is 12.3. The fourth-order valence-electron chi connectivity index (χ4n) is 1.64. The van der Waals surface area contributed by atoms with Crippen molar-refractivity contribution in [2.24, 2.45) is 0 Å². The predicted octanol–water partition coefficient (Wildman–Crippen LogP) is 2.80. The zero-order valence-electron chi connectivity index (χ0n) is 11.8. The molecule has 0 saturated carbocycles. The molecular weight excluding hydrogens is 443 g/mol. The van der Waals surface area contributed by atoms with Crippen LogP contribution in [0.2, 0.25) is 0 Å². The third-order valence-corrected chi connectivity index (χ3v) is 4.02. The van der Waals surface area contributed by atoms with Crippen LogP contribution < -0.4 is 21.5 Å². The number of amides is 1. The molecule has 0 unspecified atom stereocenters. The average Bonchev–Trinajstić information content (AvgIpc) is 2.54. The number of halogens is 1. The van der Waals surface area contributed by atoms with E-state index in [2.05, 4.69) is 44.1 Å². The van der Waals surface area contributed by atoms with Crippen LogP contribution in [0.3, 0.4) is 0 Å². The molecule has 4 N–H and O–H groups in total. The van der Waals surface area contributed by atoms with E-state index < -0.39 is 0 Å². The molecule has 1 amide bonds. The van der Waals surface area contributed by atoms with Crippen LogP contribution in [0.25, 0.3) is 0 Å². The number of anilines is 1. The van der Waals surface area contributed by atoms with Crippen molar-refractivity contribution in [3.05, 3.63) is 63.7 Å². The number of hydrogen-bond donors (Lipinski definition) is 4. The van der Waals surface area contributed by atoms with E-state index in [4.69, 9.17) is 24.4 Å². The molecule has 118 valence electrons. The Labute approximate surface area is 158 Å². The molecule has 0 heterocycles. The second-order valence-electron chi connectivity index (χ2n) is 4.33. The van der Waals surface area contributed by atoms with Crippen molar-refractivity contribution >= 4 is 68.8 Å². The van der Waals surface area contributed by atoms with Gasteiger partial charge in [0.25, 0.3) is 5.91 Å². The van der Waals surface area contributed by atoms with Crippen molar-refractivity contribution in [2.45, 2.75) is 0 Å². The smallest absolute Gasteiger partial charge is 0.258 e. The standard InChI is InChI=1S/C15H13IN4OS2/c16-12-9-5-4-8-11(12)13(21)18-15(23)20-19-14(22)17-10-6-2-1-3-7-10/h1-9H,(H2,17,19,22)(H2,18,20,21,23). The molecule has 0 aliphatic rings. The molecule has 0 aromatic heterocycles. The molecule has 0 spiro atoms. The van der Waals surface area contributed by atoms with Crippen LogP contribution in [-0.4, -0.2) is 16.1 Å². The number of para-hydroxylation sites is 1. The van der Waals surface area contributed by atoms with Crippen LogP contribution in [0.15, 0.2) is 54.6 Å². The first kappa shape index (κ1) is 17.6. The summed E-state index contributed by atoms with van der Waals surface area (Å²) in [6.45, 7) is 0. The van der Waals surface area contributed by atoms with Gasteiger partial charge in [-0.05, 0) is 71.3 Å². The summed E-state index contributed by atoms with van der Waals surface area (Å²) in [5.74, 6) is -0.281. The van der Waals surface area contributed by atoms with Gasteiger partial charge < -0.3 is 5.32 Å². The fourth-order valence-corrected chi connectivity index (χ4v) is 2.59. The Morgan fingerprint density at radius 2 is 1.48 bits per heavy atom. The Balaban J connectivity index is 1.80. The second-order valence-corrected chi connectivity index (χ2v) is 6.31. The minimum absolute atomic E-state index is 0.131. The highest BCUT2D eigenvalue weighted by Crippen LogP contribution is 2.10. The van der Waals surface area contributed by atoms with E-state index in [0.717, 1.165) is 9.26 Å². The van der Waals surface area contributed by atoms with E-state index in [0.29, 0.717) is 10.7 Å². The van der Waals surface area contributed by atoms with Gasteiger partial charge in [0, 0.05) is 9.26 Å². The van der Waals surface area contributed by atoms with Crippen LogP contribution in [0.5, 0.6) is 0 Å². The number of hydrazine groups is 1. The lowest BCUT2D eigenvalue weighted by Gasteiger charge is -2.14. The molecule has 2 aromatic carbocycles. The summed E-state index contributed by atoms with van der Waals surface area (Å²) in [6, 6.07) is 16.7. The first-order valence-electron chi connectivity index (χ1n) is 6.54. The van der Waals surface area contributed by atoms with E-state index in [1.54, 1.807) is 12.1 Å². The molecule has 2 aromatic rings. The highest BCUT2D eigenvalue weighted by molar-refractivity contribution is 14.1. The van der Waals surface area contributed by atoms with Gasteiger partial charge in [0.15, 0.2) is 10.2 Å². The number of thiocarbonyl (C=S) groups is 2. The summed E-state index contributed by atoms with van der Waals surface area (Å²) in [5.41, 5.74) is 6.79. The van der Waals surface area contributed by atoms with Crippen LogP contribution in [-0.2, 0) is 0 Å².